The van der Waals surface area contributed by atoms with Gasteiger partial charge in [0, 0.05) is 36.5 Å². The summed E-state index contributed by atoms with van der Waals surface area (Å²) < 4.78 is 5.52. The number of nitrogens with one attached hydrogen (secondary N) is 2. The SMILES string of the molecule is C=CCCCC(=O)OC[C@H](Cc1c[nH]c2ccccc12)NC(=O)[C@@H](CC=C)CC(=O)N1CCC[C@H]1CO. The quantitative estimate of drug-likeness (QED) is 0.193. The van der Waals surface area contributed by atoms with Gasteiger partial charge in [0.1, 0.15) is 6.61 Å². The molecule has 200 valence electrons. The zero-order valence-corrected chi connectivity index (χ0v) is 21.5. The molecule has 0 aliphatic carbocycles. The molecule has 3 atom stereocenters. The van der Waals surface area contributed by atoms with Gasteiger partial charge in [-0.05, 0) is 50.2 Å². The van der Waals surface area contributed by atoms with Crippen LogP contribution in [-0.4, -0.2) is 64.6 Å². The fraction of sp³-hybridized carbons (Fsp3) is 0.483. The maximum Gasteiger partial charge on any atom is 0.305 e. The number of allylic oxidation sites excluding steroid dienone is 2. The lowest BCUT2D eigenvalue weighted by Gasteiger charge is -2.26. The summed E-state index contributed by atoms with van der Waals surface area (Å²) in [6.45, 7) is 7.98. The van der Waals surface area contributed by atoms with Crippen LogP contribution in [0, 0.1) is 5.92 Å². The van der Waals surface area contributed by atoms with Crippen molar-refractivity contribution in [3.05, 3.63) is 61.3 Å². The Kier molecular flexibility index (Phi) is 11.0. The van der Waals surface area contributed by atoms with Gasteiger partial charge in [0.2, 0.25) is 11.8 Å². The number of amides is 2. The van der Waals surface area contributed by atoms with Crippen LogP contribution in [0.5, 0.6) is 0 Å². The van der Waals surface area contributed by atoms with E-state index in [-0.39, 0.29) is 49.9 Å². The highest BCUT2D eigenvalue weighted by molar-refractivity contribution is 5.87. The van der Waals surface area contributed by atoms with E-state index >= 15 is 0 Å². The number of rotatable bonds is 15. The van der Waals surface area contributed by atoms with Gasteiger partial charge < -0.3 is 25.0 Å². The molecule has 37 heavy (non-hydrogen) atoms. The predicted molar refractivity (Wildman–Crippen MR) is 144 cm³/mol. The molecule has 2 heterocycles. The molecule has 3 rings (SSSR count). The van der Waals surface area contributed by atoms with Crippen LogP contribution in [0.15, 0.2) is 55.8 Å². The Morgan fingerprint density at radius 3 is 2.81 bits per heavy atom. The van der Waals surface area contributed by atoms with Gasteiger partial charge in [0.15, 0.2) is 0 Å². The molecule has 1 aromatic carbocycles. The number of H-pyrrole nitrogens is 1. The molecule has 8 heteroatoms. The maximum atomic E-state index is 13.4. The van der Waals surface area contributed by atoms with Crippen LogP contribution in [0.3, 0.4) is 0 Å². The molecule has 8 nitrogen and oxygen atoms in total. The number of hydrogen-bond acceptors (Lipinski definition) is 5. The van der Waals surface area contributed by atoms with E-state index in [1.807, 2.05) is 30.5 Å². The fourth-order valence-corrected chi connectivity index (χ4v) is 4.86. The van der Waals surface area contributed by atoms with E-state index in [1.54, 1.807) is 17.1 Å². The molecule has 1 fully saturated rings. The van der Waals surface area contributed by atoms with E-state index in [0.29, 0.717) is 25.8 Å². The third-order valence-electron chi connectivity index (χ3n) is 6.87. The summed E-state index contributed by atoms with van der Waals surface area (Å²) in [6.07, 6.45) is 9.45. The van der Waals surface area contributed by atoms with Crippen LogP contribution < -0.4 is 5.32 Å². The summed E-state index contributed by atoms with van der Waals surface area (Å²) in [5.41, 5.74) is 1.99. The Morgan fingerprint density at radius 2 is 2.05 bits per heavy atom. The second-order valence-corrected chi connectivity index (χ2v) is 9.62. The summed E-state index contributed by atoms with van der Waals surface area (Å²) >= 11 is 0. The van der Waals surface area contributed by atoms with Gasteiger partial charge in [-0.3, -0.25) is 14.4 Å². The van der Waals surface area contributed by atoms with Gasteiger partial charge in [-0.25, -0.2) is 0 Å². The van der Waals surface area contributed by atoms with E-state index in [1.165, 1.54) is 0 Å². The second-order valence-electron chi connectivity index (χ2n) is 9.62. The van der Waals surface area contributed by atoms with Crippen molar-refractivity contribution < 1.29 is 24.2 Å². The van der Waals surface area contributed by atoms with E-state index in [4.69, 9.17) is 4.74 Å². The molecule has 1 aliphatic rings. The topological polar surface area (TPSA) is 112 Å². The van der Waals surface area contributed by atoms with Crippen LogP contribution in [-0.2, 0) is 25.5 Å². The monoisotopic (exact) mass is 509 g/mol. The Bertz CT molecular complexity index is 1080. The number of unbranched alkanes of at least 4 members (excludes halogenated alkanes) is 1. The zero-order chi connectivity index (χ0) is 26.6. The lowest BCUT2D eigenvalue weighted by molar-refractivity contribution is -0.145. The van der Waals surface area contributed by atoms with Gasteiger partial charge >= 0.3 is 5.97 Å². The first-order chi connectivity index (χ1) is 18.0. The number of fused-ring (bicyclic) bond motifs is 1. The van der Waals surface area contributed by atoms with Crippen LogP contribution in [0.25, 0.3) is 10.9 Å². The molecule has 1 saturated heterocycles. The lowest BCUT2D eigenvalue weighted by atomic mass is 9.97. The standard InChI is InChI=1S/C29H39N3O5/c1-3-5-6-14-28(35)37-20-23(16-22-18-30-26-13-8-7-12-25(22)26)31-29(36)21(10-4-2)17-27(34)32-15-9-11-24(32)19-33/h3-4,7-8,12-13,18,21,23-24,30,33H,1-2,5-6,9-11,14-17,19-20H2,(H,31,36)/t21-,23-,24-/m0/s1. The molecular weight excluding hydrogens is 470 g/mol. The summed E-state index contributed by atoms with van der Waals surface area (Å²) in [4.78, 5) is 43.5. The number of para-hydroxylation sites is 1. The second kappa shape index (κ2) is 14.4. The van der Waals surface area contributed by atoms with Crippen LogP contribution in [0.4, 0.5) is 0 Å². The van der Waals surface area contributed by atoms with Crippen molar-refractivity contribution in [1.29, 1.82) is 0 Å². The summed E-state index contributed by atoms with van der Waals surface area (Å²) in [6, 6.07) is 7.25. The van der Waals surface area contributed by atoms with Crippen molar-refractivity contribution in [3.8, 4) is 0 Å². The number of benzene rings is 1. The number of aromatic amines is 1. The van der Waals surface area contributed by atoms with Gasteiger partial charge in [0.25, 0.3) is 0 Å². The lowest BCUT2D eigenvalue weighted by Crippen LogP contribution is -2.45. The Balaban J connectivity index is 1.69. The first-order valence-corrected chi connectivity index (χ1v) is 13.1. The molecule has 2 amide bonds. The number of esters is 1. The van der Waals surface area contributed by atoms with Crippen molar-refractivity contribution in [2.75, 3.05) is 19.8 Å². The van der Waals surface area contributed by atoms with Crippen LogP contribution in [0.2, 0.25) is 0 Å². The number of aromatic nitrogens is 1. The van der Waals surface area contributed by atoms with Crippen LogP contribution >= 0.6 is 0 Å². The molecule has 2 aromatic rings. The van der Waals surface area contributed by atoms with E-state index in [2.05, 4.69) is 23.5 Å². The average Bonchev–Trinajstić information content (AvgIpc) is 3.54. The highest BCUT2D eigenvalue weighted by Gasteiger charge is 2.31. The Labute approximate surface area is 218 Å². The summed E-state index contributed by atoms with van der Waals surface area (Å²) in [5, 5.41) is 13.7. The molecule has 0 bridgehead atoms. The third-order valence-corrected chi connectivity index (χ3v) is 6.87. The van der Waals surface area contributed by atoms with Crippen molar-refractivity contribution in [3.63, 3.8) is 0 Å². The smallest absolute Gasteiger partial charge is 0.305 e. The molecular formula is C29H39N3O5. The fourth-order valence-electron chi connectivity index (χ4n) is 4.86. The van der Waals surface area contributed by atoms with Crippen LogP contribution in [0.1, 0.15) is 50.5 Å². The van der Waals surface area contributed by atoms with Crippen molar-refractivity contribution in [1.82, 2.24) is 15.2 Å². The van der Waals surface area contributed by atoms with Crippen molar-refractivity contribution in [2.45, 2.75) is 63.5 Å². The largest absolute Gasteiger partial charge is 0.463 e. The van der Waals surface area contributed by atoms with Gasteiger partial charge in [-0.1, -0.05) is 30.4 Å². The maximum absolute atomic E-state index is 13.4. The number of aliphatic hydroxyl groups is 1. The van der Waals surface area contributed by atoms with Gasteiger partial charge in [0.05, 0.1) is 24.6 Å². The first kappa shape index (κ1) is 28.2. The average molecular weight is 510 g/mol. The number of carbonyl (C=O) groups is 3. The highest BCUT2D eigenvalue weighted by atomic mass is 16.5. The number of aliphatic hydroxyl groups excluding tert-OH is 1. The zero-order valence-electron chi connectivity index (χ0n) is 21.5. The molecule has 0 spiro atoms. The number of carbonyl (C=O) groups excluding carboxylic acids is 3. The van der Waals surface area contributed by atoms with Gasteiger partial charge in [-0.15, -0.1) is 13.2 Å². The van der Waals surface area contributed by atoms with Crippen molar-refractivity contribution in [2.24, 2.45) is 5.92 Å². The van der Waals surface area contributed by atoms with E-state index < -0.39 is 12.0 Å². The molecule has 1 aromatic heterocycles. The van der Waals surface area contributed by atoms with E-state index in [9.17, 15) is 19.5 Å². The highest BCUT2D eigenvalue weighted by Crippen LogP contribution is 2.22. The minimum absolute atomic E-state index is 0.0334. The minimum atomic E-state index is -0.598. The Hall–Kier alpha value is -3.39. The molecule has 3 N–H and O–H groups in total. The summed E-state index contributed by atoms with van der Waals surface area (Å²) in [5.74, 6) is -1.33. The van der Waals surface area contributed by atoms with Crippen molar-refractivity contribution >= 4 is 28.7 Å². The molecule has 1 aliphatic heterocycles. The number of nitrogens with zero attached hydrogens (tertiary/aromatic N) is 1. The number of ether oxygens (including phenoxy) is 1. The number of likely N-dealkylation sites (tertiary alicyclic amines) is 1. The molecule has 0 radical (unpaired) electrons. The third kappa shape index (κ3) is 8.05. The number of hydrogen-bond donors (Lipinski definition) is 3. The molecule has 0 saturated carbocycles. The summed E-state index contributed by atoms with van der Waals surface area (Å²) in [7, 11) is 0. The predicted octanol–water partition coefficient (Wildman–Crippen LogP) is 3.66. The van der Waals surface area contributed by atoms with E-state index in [0.717, 1.165) is 35.7 Å². The Morgan fingerprint density at radius 1 is 1.24 bits per heavy atom. The van der Waals surface area contributed by atoms with Gasteiger partial charge in [-0.2, -0.15) is 0 Å². The minimum Gasteiger partial charge on any atom is -0.463 e. The first-order valence-electron chi connectivity index (χ1n) is 13.1. The normalized spacial score (nSPS) is 16.8. The molecule has 0 unspecified atom stereocenters.